The molecule has 4 heterocycles. The molecule has 1 fully saturated rings. The predicted molar refractivity (Wildman–Crippen MR) is 98.7 cm³/mol. The van der Waals surface area contributed by atoms with Crippen LogP contribution in [0.5, 0.6) is 0 Å². The summed E-state index contributed by atoms with van der Waals surface area (Å²) >= 11 is 0. The Kier molecular flexibility index (Phi) is 4.36. The van der Waals surface area contributed by atoms with E-state index < -0.39 is 0 Å². The van der Waals surface area contributed by atoms with Crippen molar-refractivity contribution in [3.63, 3.8) is 0 Å². The number of hydrogen-bond donors (Lipinski definition) is 0. The number of imidazole rings is 1. The van der Waals surface area contributed by atoms with Crippen LogP contribution in [-0.4, -0.2) is 50.7 Å². The van der Waals surface area contributed by atoms with Crippen LogP contribution in [0.2, 0.25) is 0 Å². The van der Waals surface area contributed by atoms with Crippen LogP contribution in [0.15, 0.2) is 42.9 Å². The van der Waals surface area contributed by atoms with Gasteiger partial charge in [0.05, 0.1) is 5.69 Å². The SMILES string of the molecule is Cc1cccn2cc(CN(C)CC3CCCN3c3cccnn3)nc12. The summed E-state index contributed by atoms with van der Waals surface area (Å²) in [5, 5.41) is 8.31. The molecule has 0 radical (unpaired) electrons. The molecule has 0 N–H and O–H groups in total. The van der Waals surface area contributed by atoms with E-state index in [1.54, 1.807) is 6.20 Å². The first kappa shape index (κ1) is 16.0. The van der Waals surface area contributed by atoms with Crippen molar-refractivity contribution in [2.45, 2.75) is 32.4 Å². The fraction of sp³-hybridized carbons (Fsp3) is 0.421. The lowest BCUT2D eigenvalue weighted by atomic mass is 10.2. The molecule has 3 aromatic heterocycles. The van der Waals surface area contributed by atoms with Gasteiger partial charge in [-0.3, -0.25) is 4.90 Å². The van der Waals surface area contributed by atoms with Crippen molar-refractivity contribution in [2.75, 3.05) is 25.0 Å². The third-order valence-electron chi connectivity index (χ3n) is 4.91. The average molecular weight is 336 g/mol. The Morgan fingerprint density at radius 1 is 1.28 bits per heavy atom. The minimum atomic E-state index is 0.487. The molecule has 0 amide bonds. The molecular formula is C19H24N6. The molecule has 6 nitrogen and oxygen atoms in total. The van der Waals surface area contributed by atoms with Gasteiger partial charge in [0, 0.05) is 44.3 Å². The Labute approximate surface area is 148 Å². The predicted octanol–water partition coefficient (Wildman–Crippen LogP) is 2.53. The van der Waals surface area contributed by atoms with Gasteiger partial charge >= 0.3 is 0 Å². The van der Waals surface area contributed by atoms with Gasteiger partial charge in [-0.1, -0.05) is 6.07 Å². The molecular weight excluding hydrogens is 312 g/mol. The lowest BCUT2D eigenvalue weighted by Crippen LogP contribution is -2.39. The van der Waals surface area contributed by atoms with Crippen molar-refractivity contribution >= 4 is 11.5 Å². The molecule has 1 atom stereocenters. The quantitative estimate of drug-likeness (QED) is 0.717. The maximum atomic E-state index is 4.79. The molecule has 1 aliphatic rings. The second-order valence-electron chi connectivity index (χ2n) is 6.92. The van der Waals surface area contributed by atoms with E-state index in [4.69, 9.17) is 4.98 Å². The second-order valence-corrected chi connectivity index (χ2v) is 6.92. The van der Waals surface area contributed by atoms with E-state index >= 15 is 0 Å². The number of hydrogen-bond acceptors (Lipinski definition) is 5. The minimum absolute atomic E-state index is 0.487. The number of pyridine rings is 1. The number of rotatable bonds is 5. The first-order chi connectivity index (χ1) is 12.2. The summed E-state index contributed by atoms with van der Waals surface area (Å²) in [4.78, 5) is 9.53. The Bertz CT molecular complexity index is 844. The zero-order valence-electron chi connectivity index (χ0n) is 14.8. The van der Waals surface area contributed by atoms with Gasteiger partial charge in [-0.05, 0) is 50.6 Å². The number of anilines is 1. The summed E-state index contributed by atoms with van der Waals surface area (Å²) in [5.41, 5.74) is 3.37. The summed E-state index contributed by atoms with van der Waals surface area (Å²) in [6.07, 6.45) is 8.33. The van der Waals surface area contributed by atoms with Gasteiger partial charge in [-0.2, -0.15) is 5.10 Å². The standard InChI is InChI=1S/C19H24N6/c1-15-6-4-10-24-13-16(21-19(15)24)12-23(2)14-17-7-5-11-25(17)18-8-3-9-20-22-18/h3-4,6,8-10,13,17H,5,7,11-12,14H2,1-2H3. The largest absolute Gasteiger partial charge is 0.351 e. The monoisotopic (exact) mass is 336 g/mol. The van der Waals surface area contributed by atoms with Crippen LogP contribution in [0.3, 0.4) is 0 Å². The second kappa shape index (κ2) is 6.80. The Hall–Kier alpha value is -2.47. The Balaban J connectivity index is 1.44. The zero-order valence-corrected chi connectivity index (χ0v) is 14.8. The van der Waals surface area contributed by atoms with Crippen LogP contribution in [0, 0.1) is 6.92 Å². The smallest absolute Gasteiger partial charge is 0.151 e. The highest BCUT2D eigenvalue weighted by atomic mass is 15.3. The zero-order chi connectivity index (χ0) is 17.2. The van der Waals surface area contributed by atoms with E-state index in [1.807, 2.05) is 6.07 Å². The number of nitrogens with zero attached hydrogens (tertiary/aromatic N) is 6. The van der Waals surface area contributed by atoms with Crippen molar-refractivity contribution in [2.24, 2.45) is 0 Å². The lowest BCUT2D eigenvalue weighted by Gasteiger charge is -2.28. The summed E-state index contributed by atoms with van der Waals surface area (Å²) in [6.45, 7) is 5.02. The number of aromatic nitrogens is 4. The molecule has 130 valence electrons. The van der Waals surface area contributed by atoms with Crippen molar-refractivity contribution < 1.29 is 0 Å². The lowest BCUT2D eigenvalue weighted by molar-refractivity contribution is 0.300. The summed E-state index contributed by atoms with van der Waals surface area (Å²) in [5.74, 6) is 0.988. The van der Waals surface area contributed by atoms with Crippen molar-refractivity contribution in [3.05, 3.63) is 54.1 Å². The molecule has 25 heavy (non-hydrogen) atoms. The molecule has 0 spiro atoms. The fourth-order valence-electron chi connectivity index (χ4n) is 3.76. The van der Waals surface area contributed by atoms with Gasteiger partial charge in [0.2, 0.25) is 0 Å². The number of fused-ring (bicyclic) bond motifs is 1. The molecule has 6 heteroatoms. The normalized spacial score (nSPS) is 17.7. The number of likely N-dealkylation sites (N-methyl/N-ethyl adjacent to an activating group) is 1. The maximum absolute atomic E-state index is 4.79. The van der Waals surface area contributed by atoms with Crippen LogP contribution in [0.4, 0.5) is 5.82 Å². The van der Waals surface area contributed by atoms with Crippen LogP contribution in [-0.2, 0) is 6.54 Å². The molecule has 1 unspecified atom stereocenters. The molecule has 0 saturated carbocycles. The third kappa shape index (κ3) is 3.35. The van der Waals surface area contributed by atoms with Crippen molar-refractivity contribution in [1.29, 1.82) is 0 Å². The molecule has 0 aliphatic carbocycles. The fourth-order valence-corrected chi connectivity index (χ4v) is 3.76. The maximum Gasteiger partial charge on any atom is 0.151 e. The highest BCUT2D eigenvalue weighted by Crippen LogP contribution is 2.24. The molecule has 0 aromatic carbocycles. The van der Waals surface area contributed by atoms with E-state index in [-0.39, 0.29) is 0 Å². The first-order valence-electron chi connectivity index (χ1n) is 8.87. The Morgan fingerprint density at radius 3 is 3.00 bits per heavy atom. The molecule has 0 bridgehead atoms. The van der Waals surface area contributed by atoms with Crippen molar-refractivity contribution in [3.8, 4) is 0 Å². The van der Waals surface area contributed by atoms with E-state index in [2.05, 4.69) is 69.0 Å². The Morgan fingerprint density at radius 2 is 2.20 bits per heavy atom. The van der Waals surface area contributed by atoms with Gasteiger partial charge in [0.1, 0.15) is 5.65 Å². The van der Waals surface area contributed by atoms with Crippen LogP contribution >= 0.6 is 0 Å². The van der Waals surface area contributed by atoms with Crippen LogP contribution < -0.4 is 4.90 Å². The molecule has 1 saturated heterocycles. The molecule has 3 aromatic rings. The van der Waals surface area contributed by atoms with Crippen LogP contribution in [0.25, 0.3) is 5.65 Å². The number of aryl methyl sites for hydroxylation is 1. The van der Waals surface area contributed by atoms with Gasteiger partial charge in [-0.25, -0.2) is 4.98 Å². The highest BCUT2D eigenvalue weighted by Gasteiger charge is 2.27. The average Bonchev–Trinajstić information content (AvgIpc) is 3.23. The third-order valence-corrected chi connectivity index (χ3v) is 4.91. The van der Waals surface area contributed by atoms with E-state index in [9.17, 15) is 0 Å². The van der Waals surface area contributed by atoms with Gasteiger partial charge in [0.15, 0.2) is 5.82 Å². The van der Waals surface area contributed by atoms with Gasteiger partial charge in [0.25, 0.3) is 0 Å². The van der Waals surface area contributed by atoms with E-state index in [1.165, 1.54) is 18.4 Å². The van der Waals surface area contributed by atoms with E-state index in [0.29, 0.717) is 6.04 Å². The summed E-state index contributed by atoms with van der Waals surface area (Å²) < 4.78 is 2.11. The summed E-state index contributed by atoms with van der Waals surface area (Å²) in [7, 11) is 2.17. The minimum Gasteiger partial charge on any atom is -0.351 e. The topological polar surface area (TPSA) is 49.6 Å². The van der Waals surface area contributed by atoms with E-state index in [0.717, 1.165) is 36.8 Å². The van der Waals surface area contributed by atoms with Gasteiger partial charge in [-0.15, -0.1) is 5.10 Å². The first-order valence-corrected chi connectivity index (χ1v) is 8.87. The molecule has 1 aliphatic heterocycles. The summed E-state index contributed by atoms with van der Waals surface area (Å²) in [6, 6.07) is 8.67. The highest BCUT2D eigenvalue weighted by molar-refractivity contribution is 5.47. The van der Waals surface area contributed by atoms with Gasteiger partial charge < -0.3 is 9.30 Å². The van der Waals surface area contributed by atoms with Crippen molar-refractivity contribution in [1.82, 2.24) is 24.5 Å². The van der Waals surface area contributed by atoms with Crippen LogP contribution in [0.1, 0.15) is 24.1 Å². The molecule has 4 rings (SSSR count).